The Morgan fingerprint density at radius 1 is 1.17 bits per heavy atom. The maximum atomic E-state index is 12.2. The van der Waals surface area contributed by atoms with Gasteiger partial charge in [0.2, 0.25) is 5.76 Å². The average molecular weight is 321 g/mol. The quantitative estimate of drug-likeness (QED) is 0.781. The van der Waals surface area contributed by atoms with Crippen LogP contribution in [0.1, 0.15) is 46.0 Å². The van der Waals surface area contributed by atoms with E-state index in [-0.39, 0.29) is 17.6 Å². The number of benzene rings is 1. The summed E-state index contributed by atoms with van der Waals surface area (Å²) in [5.74, 6) is -0.0207. The second kappa shape index (κ2) is 7.08. The Hall–Kier alpha value is -2.95. The smallest absolute Gasteiger partial charge is 0.290 e. The van der Waals surface area contributed by atoms with E-state index in [1.807, 2.05) is 62.4 Å². The zero-order valence-electron chi connectivity index (χ0n) is 13.7. The van der Waals surface area contributed by atoms with Crippen LogP contribution < -0.4 is 5.32 Å². The van der Waals surface area contributed by atoms with Crippen LogP contribution in [0.25, 0.3) is 0 Å². The van der Waals surface area contributed by atoms with Gasteiger partial charge in [0.15, 0.2) is 0 Å². The molecule has 0 spiro atoms. The van der Waals surface area contributed by atoms with Crippen LogP contribution in [0.15, 0.2) is 59.1 Å². The number of hydrogen-bond acceptors (Lipinski definition) is 4. The number of amides is 1. The van der Waals surface area contributed by atoms with E-state index in [2.05, 4.69) is 15.5 Å². The number of carbonyl (C=O) groups is 1. The van der Waals surface area contributed by atoms with Gasteiger partial charge in [-0.1, -0.05) is 48.5 Å². The lowest BCUT2D eigenvalue weighted by molar-refractivity contribution is 0.0913. The van der Waals surface area contributed by atoms with Gasteiger partial charge in [-0.2, -0.15) is 0 Å². The summed E-state index contributed by atoms with van der Waals surface area (Å²) in [4.78, 5) is 16.6. The Balaban J connectivity index is 1.65. The van der Waals surface area contributed by atoms with E-state index >= 15 is 0 Å². The molecule has 1 atom stereocenters. The Bertz CT molecular complexity index is 827. The minimum Gasteiger partial charge on any atom is -0.351 e. The van der Waals surface area contributed by atoms with Crippen molar-refractivity contribution in [2.45, 2.75) is 26.3 Å². The second-order valence-electron chi connectivity index (χ2n) is 5.70. The second-order valence-corrected chi connectivity index (χ2v) is 5.70. The molecule has 0 aliphatic carbocycles. The summed E-state index contributed by atoms with van der Waals surface area (Å²) in [6.07, 6.45) is 0. The number of carbonyl (C=O) groups excluding carboxylic acids is 1. The van der Waals surface area contributed by atoms with Crippen LogP contribution in [0.2, 0.25) is 0 Å². The van der Waals surface area contributed by atoms with Gasteiger partial charge in [-0.05, 0) is 24.6 Å². The zero-order chi connectivity index (χ0) is 16.9. The van der Waals surface area contributed by atoms with Crippen molar-refractivity contribution in [3.8, 4) is 0 Å². The van der Waals surface area contributed by atoms with Crippen molar-refractivity contribution in [2.24, 2.45) is 0 Å². The first kappa shape index (κ1) is 15.9. The molecular formula is C19H19N3O2. The van der Waals surface area contributed by atoms with E-state index in [1.165, 1.54) is 0 Å². The fraction of sp³-hybridized carbons (Fsp3) is 0.211. The summed E-state index contributed by atoms with van der Waals surface area (Å²) in [5, 5.41) is 6.83. The third kappa shape index (κ3) is 3.68. The molecule has 2 aromatic heterocycles. The normalized spacial score (nSPS) is 11.9. The van der Waals surface area contributed by atoms with Gasteiger partial charge in [0.1, 0.15) is 0 Å². The summed E-state index contributed by atoms with van der Waals surface area (Å²) in [6.45, 7) is 4.30. The SMILES string of the molecule is Cc1cccc(CNC(=O)c2cc([C@H](C)c3ccccc3)no2)n1. The van der Waals surface area contributed by atoms with Crippen LogP contribution in [0.3, 0.4) is 0 Å². The van der Waals surface area contributed by atoms with Crippen molar-refractivity contribution < 1.29 is 9.32 Å². The number of aryl methyl sites for hydroxylation is 1. The van der Waals surface area contributed by atoms with Crippen molar-refractivity contribution in [3.05, 3.63) is 83.0 Å². The van der Waals surface area contributed by atoms with Gasteiger partial charge in [0, 0.05) is 17.7 Å². The minimum atomic E-state index is -0.294. The third-order valence-electron chi connectivity index (χ3n) is 3.87. The molecule has 3 rings (SSSR count). The van der Waals surface area contributed by atoms with E-state index in [4.69, 9.17) is 4.52 Å². The summed E-state index contributed by atoms with van der Waals surface area (Å²) in [6, 6.07) is 17.4. The molecule has 122 valence electrons. The van der Waals surface area contributed by atoms with Gasteiger partial charge in [0.05, 0.1) is 17.9 Å². The van der Waals surface area contributed by atoms with Gasteiger partial charge in [-0.25, -0.2) is 0 Å². The molecule has 0 bridgehead atoms. The highest BCUT2D eigenvalue weighted by molar-refractivity contribution is 5.91. The lowest BCUT2D eigenvalue weighted by atomic mass is 9.98. The number of nitrogens with one attached hydrogen (secondary N) is 1. The summed E-state index contributed by atoms with van der Waals surface area (Å²) in [5.41, 5.74) is 3.59. The van der Waals surface area contributed by atoms with Crippen molar-refractivity contribution in [3.63, 3.8) is 0 Å². The molecule has 0 aliphatic rings. The number of nitrogens with zero attached hydrogens (tertiary/aromatic N) is 2. The number of rotatable bonds is 5. The number of pyridine rings is 1. The topological polar surface area (TPSA) is 68.0 Å². The fourth-order valence-electron chi connectivity index (χ4n) is 2.47. The Morgan fingerprint density at radius 3 is 2.71 bits per heavy atom. The molecule has 0 saturated carbocycles. The molecule has 5 nitrogen and oxygen atoms in total. The van der Waals surface area contributed by atoms with E-state index in [9.17, 15) is 4.79 Å². The molecule has 0 fully saturated rings. The van der Waals surface area contributed by atoms with Crippen molar-refractivity contribution >= 4 is 5.91 Å². The minimum absolute atomic E-state index is 0.0648. The van der Waals surface area contributed by atoms with E-state index in [0.717, 1.165) is 22.6 Å². The summed E-state index contributed by atoms with van der Waals surface area (Å²) < 4.78 is 5.20. The number of aromatic nitrogens is 2. The van der Waals surface area contributed by atoms with Crippen LogP contribution in [0, 0.1) is 6.92 Å². The maximum Gasteiger partial charge on any atom is 0.290 e. The molecule has 24 heavy (non-hydrogen) atoms. The van der Waals surface area contributed by atoms with Gasteiger partial charge < -0.3 is 9.84 Å². The first-order valence-electron chi connectivity index (χ1n) is 7.86. The lowest BCUT2D eigenvalue weighted by Crippen LogP contribution is -2.22. The molecule has 0 unspecified atom stereocenters. The van der Waals surface area contributed by atoms with Gasteiger partial charge in [-0.15, -0.1) is 0 Å². The highest BCUT2D eigenvalue weighted by atomic mass is 16.5. The monoisotopic (exact) mass is 321 g/mol. The van der Waals surface area contributed by atoms with E-state index in [0.29, 0.717) is 6.54 Å². The fourth-order valence-corrected chi connectivity index (χ4v) is 2.47. The number of hydrogen-bond donors (Lipinski definition) is 1. The van der Waals surface area contributed by atoms with Crippen LogP contribution >= 0.6 is 0 Å². The Labute approximate surface area is 140 Å². The molecule has 0 radical (unpaired) electrons. The predicted octanol–water partition coefficient (Wildman–Crippen LogP) is 3.46. The maximum absolute atomic E-state index is 12.2. The third-order valence-corrected chi connectivity index (χ3v) is 3.87. The van der Waals surface area contributed by atoms with Gasteiger partial charge in [-0.3, -0.25) is 9.78 Å². The molecule has 3 aromatic rings. The van der Waals surface area contributed by atoms with Crippen LogP contribution in [-0.4, -0.2) is 16.0 Å². The first-order valence-corrected chi connectivity index (χ1v) is 7.86. The highest BCUT2D eigenvalue weighted by Gasteiger charge is 2.17. The molecule has 1 aromatic carbocycles. The van der Waals surface area contributed by atoms with Crippen LogP contribution in [0.5, 0.6) is 0 Å². The first-order chi connectivity index (χ1) is 11.6. The van der Waals surface area contributed by atoms with Crippen LogP contribution in [0.4, 0.5) is 0 Å². The standard InChI is InChI=1S/C19H19N3O2/c1-13-7-6-10-16(21-13)12-20-19(23)18-11-17(22-24-18)14(2)15-8-4-3-5-9-15/h3-11,14H,12H2,1-2H3,(H,20,23)/t14-/m1/s1. The van der Waals surface area contributed by atoms with Crippen molar-refractivity contribution in [1.29, 1.82) is 0 Å². The van der Waals surface area contributed by atoms with Gasteiger partial charge in [0.25, 0.3) is 5.91 Å². The summed E-state index contributed by atoms with van der Waals surface area (Å²) in [7, 11) is 0. The zero-order valence-corrected chi connectivity index (χ0v) is 13.7. The van der Waals surface area contributed by atoms with Gasteiger partial charge >= 0.3 is 0 Å². The highest BCUT2D eigenvalue weighted by Crippen LogP contribution is 2.23. The molecule has 0 aliphatic heterocycles. The van der Waals surface area contributed by atoms with E-state index < -0.39 is 0 Å². The molecule has 5 heteroatoms. The largest absolute Gasteiger partial charge is 0.351 e. The molecule has 1 N–H and O–H groups in total. The predicted molar refractivity (Wildman–Crippen MR) is 90.6 cm³/mol. The molecule has 1 amide bonds. The van der Waals surface area contributed by atoms with Crippen molar-refractivity contribution in [1.82, 2.24) is 15.5 Å². The van der Waals surface area contributed by atoms with Crippen molar-refractivity contribution in [2.75, 3.05) is 0 Å². The molecule has 2 heterocycles. The van der Waals surface area contributed by atoms with Crippen LogP contribution in [-0.2, 0) is 6.54 Å². The average Bonchev–Trinajstić information content (AvgIpc) is 3.10. The lowest BCUT2D eigenvalue weighted by Gasteiger charge is -2.06. The molecular weight excluding hydrogens is 302 g/mol. The van der Waals surface area contributed by atoms with E-state index in [1.54, 1.807) is 6.07 Å². The molecule has 0 saturated heterocycles. The Kier molecular flexibility index (Phi) is 4.70. The Morgan fingerprint density at radius 2 is 1.96 bits per heavy atom. The summed E-state index contributed by atoms with van der Waals surface area (Å²) >= 11 is 0.